The van der Waals surface area contributed by atoms with Crippen LogP contribution in [-0.4, -0.2) is 24.5 Å². The lowest BCUT2D eigenvalue weighted by molar-refractivity contribution is -0.137. The molecule has 0 aliphatic rings. The lowest BCUT2D eigenvalue weighted by Gasteiger charge is -2.17. The van der Waals surface area contributed by atoms with Gasteiger partial charge in [0.05, 0.1) is 45.1 Å². The first kappa shape index (κ1) is 35.7. The van der Waals surface area contributed by atoms with Gasteiger partial charge in [-0.25, -0.2) is 19.9 Å². The van der Waals surface area contributed by atoms with E-state index >= 15 is 0 Å². The Kier molecular flexibility index (Phi) is 8.87. The van der Waals surface area contributed by atoms with Gasteiger partial charge in [-0.05, 0) is 54.6 Å². The molecule has 0 amide bonds. The molecule has 0 fully saturated rings. The van der Waals surface area contributed by atoms with Gasteiger partial charge >= 0.3 is 6.18 Å². The first-order chi connectivity index (χ1) is 28.9. The largest absolute Gasteiger partial charge is 0.416 e. The van der Waals surface area contributed by atoms with Crippen LogP contribution >= 0.6 is 0 Å². The second-order valence-electron chi connectivity index (χ2n) is 14.2. The molecular formula is C51H32F3N5. The molecular weight excluding hydrogens is 740 g/mol. The van der Waals surface area contributed by atoms with E-state index in [1.807, 2.05) is 180 Å². The summed E-state index contributed by atoms with van der Waals surface area (Å²) in [7, 11) is 0. The molecule has 0 unspecified atom stereocenters. The third kappa shape index (κ3) is 6.80. The van der Waals surface area contributed by atoms with E-state index in [9.17, 15) is 13.2 Å². The molecule has 59 heavy (non-hydrogen) atoms. The molecule has 3 aromatic heterocycles. The summed E-state index contributed by atoms with van der Waals surface area (Å²) < 4.78 is 44.4. The highest BCUT2D eigenvalue weighted by Crippen LogP contribution is 2.41. The number of fused-ring (bicyclic) bond motifs is 3. The molecule has 0 saturated carbocycles. The second-order valence-corrected chi connectivity index (χ2v) is 14.2. The third-order valence-corrected chi connectivity index (χ3v) is 10.5. The molecule has 0 aliphatic heterocycles. The van der Waals surface area contributed by atoms with Crippen LogP contribution in [-0.2, 0) is 6.18 Å². The number of para-hydroxylation sites is 1. The highest BCUT2D eigenvalue weighted by molar-refractivity contribution is 6.10. The quantitative estimate of drug-likeness (QED) is 0.162. The number of nitrogens with zero attached hydrogens (tertiary/aromatic N) is 5. The summed E-state index contributed by atoms with van der Waals surface area (Å²) in [6.45, 7) is 0. The maximum absolute atomic E-state index is 14.1. The minimum atomic E-state index is -4.50. The summed E-state index contributed by atoms with van der Waals surface area (Å²) in [4.78, 5) is 20.7. The van der Waals surface area contributed by atoms with E-state index in [0.29, 0.717) is 44.8 Å². The zero-order valence-corrected chi connectivity index (χ0v) is 31.3. The minimum absolute atomic E-state index is 0.433. The number of rotatable bonds is 7. The number of alkyl halides is 3. The minimum Gasteiger partial charge on any atom is -0.309 e. The van der Waals surface area contributed by atoms with Gasteiger partial charge < -0.3 is 4.57 Å². The maximum atomic E-state index is 14.1. The standard InChI is InChI=1S/C51H32F3N5/c52-51(53,54)38-26-28-47-40(30-38)39-23-13-14-24-46(39)59(47)48-27-25-37(49-55-42(33-15-5-1-6-16-33)31-43(56-49)34-17-7-2-8-18-34)29-41(48)50-57-44(35-19-9-3-10-20-35)32-45(58-50)36-21-11-4-12-22-36/h1-32H. The monoisotopic (exact) mass is 771 g/mol. The van der Waals surface area contributed by atoms with E-state index in [2.05, 4.69) is 0 Å². The lowest BCUT2D eigenvalue weighted by Crippen LogP contribution is -2.05. The van der Waals surface area contributed by atoms with Crippen LogP contribution < -0.4 is 0 Å². The zero-order chi connectivity index (χ0) is 39.9. The molecule has 7 aromatic carbocycles. The molecule has 0 N–H and O–H groups in total. The number of aromatic nitrogens is 5. The highest BCUT2D eigenvalue weighted by Gasteiger charge is 2.31. The molecule has 0 spiro atoms. The molecule has 282 valence electrons. The van der Waals surface area contributed by atoms with Crippen molar-refractivity contribution in [2.45, 2.75) is 6.18 Å². The van der Waals surface area contributed by atoms with Crippen molar-refractivity contribution in [2.24, 2.45) is 0 Å². The Labute approximate surface area is 337 Å². The fourth-order valence-electron chi connectivity index (χ4n) is 7.63. The van der Waals surface area contributed by atoms with Crippen molar-refractivity contribution in [1.82, 2.24) is 24.5 Å². The maximum Gasteiger partial charge on any atom is 0.416 e. The van der Waals surface area contributed by atoms with Crippen molar-refractivity contribution >= 4 is 21.8 Å². The SMILES string of the molecule is FC(F)(F)c1ccc2c(c1)c1ccccc1n2-c1ccc(-c2nc(-c3ccccc3)cc(-c3ccccc3)n2)cc1-c1nc(-c2ccccc2)cc(-c2ccccc2)n1. The topological polar surface area (TPSA) is 56.5 Å². The molecule has 0 bridgehead atoms. The van der Waals surface area contributed by atoms with Crippen LogP contribution in [0.2, 0.25) is 0 Å². The van der Waals surface area contributed by atoms with Gasteiger partial charge in [0.2, 0.25) is 0 Å². The van der Waals surface area contributed by atoms with Crippen molar-refractivity contribution in [2.75, 3.05) is 0 Å². The number of halogens is 3. The van der Waals surface area contributed by atoms with Crippen LogP contribution in [0.3, 0.4) is 0 Å². The molecule has 0 atom stereocenters. The average Bonchev–Trinajstić information content (AvgIpc) is 3.63. The van der Waals surface area contributed by atoms with E-state index in [4.69, 9.17) is 19.9 Å². The summed E-state index contributed by atoms with van der Waals surface area (Å²) in [5, 5.41) is 1.18. The lowest BCUT2D eigenvalue weighted by atomic mass is 10.0. The average molecular weight is 772 g/mol. The van der Waals surface area contributed by atoms with E-state index in [1.54, 1.807) is 6.07 Å². The normalized spacial score (nSPS) is 11.6. The summed E-state index contributed by atoms with van der Waals surface area (Å²) in [6, 6.07) is 61.2. The van der Waals surface area contributed by atoms with Gasteiger partial charge in [0.15, 0.2) is 11.6 Å². The van der Waals surface area contributed by atoms with Gasteiger partial charge in [-0.3, -0.25) is 0 Å². The van der Waals surface area contributed by atoms with Gasteiger partial charge in [-0.15, -0.1) is 0 Å². The predicted octanol–water partition coefficient (Wildman–Crippen LogP) is 13.4. The number of hydrogen-bond acceptors (Lipinski definition) is 4. The summed E-state index contributed by atoms with van der Waals surface area (Å²) in [5.74, 6) is 0.930. The highest BCUT2D eigenvalue weighted by atomic mass is 19.4. The van der Waals surface area contributed by atoms with Gasteiger partial charge in [-0.2, -0.15) is 13.2 Å². The number of benzene rings is 7. The van der Waals surface area contributed by atoms with Gasteiger partial charge in [0.1, 0.15) is 0 Å². The van der Waals surface area contributed by atoms with Crippen LogP contribution in [0.4, 0.5) is 13.2 Å². The van der Waals surface area contributed by atoms with Crippen molar-refractivity contribution in [3.63, 3.8) is 0 Å². The molecule has 8 heteroatoms. The first-order valence-corrected chi connectivity index (χ1v) is 19.1. The number of hydrogen-bond donors (Lipinski definition) is 0. The van der Waals surface area contributed by atoms with E-state index in [-0.39, 0.29) is 0 Å². The van der Waals surface area contributed by atoms with Gasteiger partial charge in [0.25, 0.3) is 0 Å². The predicted molar refractivity (Wildman–Crippen MR) is 230 cm³/mol. The second kappa shape index (κ2) is 14.7. The summed E-state index contributed by atoms with van der Waals surface area (Å²) >= 11 is 0. The Morgan fingerprint density at radius 3 is 1.29 bits per heavy atom. The fraction of sp³-hybridized carbons (Fsp3) is 0.0196. The smallest absolute Gasteiger partial charge is 0.309 e. The van der Waals surface area contributed by atoms with E-state index in [1.165, 1.54) is 6.07 Å². The molecule has 3 heterocycles. The van der Waals surface area contributed by atoms with Crippen LogP contribution in [0, 0.1) is 0 Å². The Morgan fingerprint density at radius 1 is 0.356 bits per heavy atom. The Bertz CT molecular complexity index is 3010. The van der Waals surface area contributed by atoms with E-state index < -0.39 is 11.7 Å². The van der Waals surface area contributed by atoms with Crippen molar-refractivity contribution in [3.8, 4) is 73.5 Å². The molecule has 0 radical (unpaired) electrons. The summed E-state index contributed by atoms with van der Waals surface area (Å²) in [5.41, 5.74) is 9.37. The Hall–Kier alpha value is -7.71. The Balaban J connectivity index is 1.27. The molecule has 5 nitrogen and oxygen atoms in total. The Morgan fingerprint density at radius 2 is 0.797 bits per heavy atom. The fourth-order valence-corrected chi connectivity index (χ4v) is 7.63. The third-order valence-electron chi connectivity index (χ3n) is 10.5. The van der Waals surface area contributed by atoms with Crippen LogP contribution in [0.15, 0.2) is 194 Å². The first-order valence-electron chi connectivity index (χ1n) is 19.1. The van der Waals surface area contributed by atoms with Crippen LogP contribution in [0.1, 0.15) is 5.56 Å². The van der Waals surface area contributed by atoms with E-state index in [0.717, 1.165) is 56.6 Å². The van der Waals surface area contributed by atoms with Crippen molar-refractivity contribution in [1.29, 1.82) is 0 Å². The van der Waals surface area contributed by atoms with Gasteiger partial charge in [0, 0.05) is 44.2 Å². The van der Waals surface area contributed by atoms with Crippen LogP contribution in [0.25, 0.3) is 95.3 Å². The van der Waals surface area contributed by atoms with Crippen molar-refractivity contribution < 1.29 is 13.2 Å². The van der Waals surface area contributed by atoms with Crippen molar-refractivity contribution in [3.05, 3.63) is 200 Å². The molecule has 0 aliphatic carbocycles. The van der Waals surface area contributed by atoms with Crippen LogP contribution in [0.5, 0.6) is 0 Å². The molecule has 10 rings (SSSR count). The van der Waals surface area contributed by atoms with Gasteiger partial charge in [-0.1, -0.05) is 140 Å². The summed E-state index contributed by atoms with van der Waals surface area (Å²) in [6.07, 6.45) is -4.50. The zero-order valence-electron chi connectivity index (χ0n) is 31.3. The molecule has 0 saturated heterocycles. The molecule has 10 aromatic rings.